The van der Waals surface area contributed by atoms with Crippen molar-refractivity contribution in [2.24, 2.45) is 5.92 Å². The van der Waals surface area contributed by atoms with Crippen LogP contribution >= 0.6 is 0 Å². The molecule has 0 spiro atoms. The van der Waals surface area contributed by atoms with Gasteiger partial charge in [0.05, 0.1) is 11.7 Å². The summed E-state index contributed by atoms with van der Waals surface area (Å²) in [6, 6.07) is 5.48. The van der Waals surface area contributed by atoms with Crippen LogP contribution in [0.3, 0.4) is 0 Å². The first-order valence-electron chi connectivity index (χ1n) is 7.33. The van der Waals surface area contributed by atoms with Gasteiger partial charge in [-0.1, -0.05) is 6.92 Å². The summed E-state index contributed by atoms with van der Waals surface area (Å²) in [5.74, 6) is 0.508. The lowest BCUT2D eigenvalue weighted by atomic mass is 9.95. The van der Waals surface area contributed by atoms with E-state index in [4.69, 9.17) is 10.5 Å². The van der Waals surface area contributed by atoms with Crippen LogP contribution < -0.4 is 10.6 Å². The van der Waals surface area contributed by atoms with E-state index in [0.29, 0.717) is 23.7 Å². The first kappa shape index (κ1) is 15.6. The molecular weight excluding hydrogens is 266 g/mol. The zero-order valence-electron chi connectivity index (χ0n) is 13.3. The fraction of sp³-hybridized carbons (Fsp3) is 0.562. The quantitative estimate of drug-likeness (QED) is 0.863. The van der Waals surface area contributed by atoms with E-state index in [0.717, 1.165) is 18.7 Å². The third-order valence-corrected chi connectivity index (χ3v) is 4.21. The average Bonchev–Trinajstić information content (AvgIpc) is 2.46. The van der Waals surface area contributed by atoms with Crippen molar-refractivity contribution in [2.75, 3.05) is 44.9 Å². The van der Waals surface area contributed by atoms with Crippen LogP contribution in [0.4, 0.5) is 11.4 Å². The fourth-order valence-corrected chi connectivity index (χ4v) is 2.81. The maximum absolute atomic E-state index is 12.8. The summed E-state index contributed by atoms with van der Waals surface area (Å²) in [7, 11) is 5.57. The molecule has 0 aromatic heterocycles. The second-order valence-electron chi connectivity index (χ2n) is 5.96. The van der Waals surface area contributed by atoms with Gasteiger partial charge in [0.1, 0.15) is 0 Å². The molecule has 2 unspecified atom stereocenters. The Morgan fingerprint density at radius 1 is 1.43 bits per heavy atom. The number of hydrogen-bond acceptors (Lipinski definition) is 4. The third-order valence-electron chi connectivity index (χ3n) is 4.21. The van der Waals surface area contributed by atoms with Crippen LogP contribution in [0.5, 0.6) is 0 Å². The third kappa shape index (κ3) is 3.29. The number of nitrogens with zero attached hydrogens (tertiary/aromatic N) is 2. The van der Waals surface area contributed by atoms with Gasteiger partial charge >= 0.3 is 0 Å². The summed E-state index contributed by atoms with van der Waals surface area (Å²) in [6.45, 7) is 3.57. The lowest BCUT2D eigenvalue weighted by molar-refractivity contribution is -0.00153. The van der Waals surface area contributed by atoms with Gasteiger partial charge in [-0.25, -0.2) is 0 Å². The van der Waals surface area contributed by atoms with Gasteiger partial charge in [-0.05, 0) is 30.5 Å². The highest BCUT2D eigenvalue weighted by Gasteiger charge is 2.30. The van der Waals surface area contributed by atoms with E-state index in [9.17, 15) is 4.79 Å². The molecule has 1 aromatic carbocycles. The Balaban J connectivity index is 2.26. The molecule has 2 atom stereocenters. The van der Waals surface area contributed by atoms with Crippen molar-refractivity contribution in [3.63, 3.8) is 0 Å². The van der Waals surface area contributed by atoms with Crippen LogP contribution in [0.25, 0.3) is 0 Å². The number of nitrogen functional groups attached to an aromatic ring is 1. The lowest BCUT2D eigenvalue weighted by Gasteiger charge is -2.36. The Kier molecular flexibility index (Phi) is 4.73. The highest BCUT2D eigenvalue weighted by molar-refractivity contribution is 6.00. The number of benzene rings is 1. The molecule has 5 nitrogen and oxygen atoms in total. The van der Waals surface area contributed by atoms with E-state index >= 15 is 0 Å². The molecule has 21 heavy (non-hydrogen) atoms. The summed E-state index contributed by atoms with van der Waals surface area (Å²) in [5, 5.41) is 0. The van der Waals surface area contributed by atoms with Crippen molar-refractivity contribution in [3.8, 4) is 0 Å². The van der Waals surface area contributed by atoms with Crippen LogP contribution in [0.15, 0.2) is 18.2 Å². The maximum Gasteiger partial charge on any atom is 0.256 e. The molecule has 1 saturated heterocycles. The SMILES string of the molecule is COC1CN(C(=O)c2cc(N)ccc2N(C)C)CCC1C. The Labute approximate surface area is 126 Å². The lowest BCUT2D eigenvalue weighted by Crippen LogP contribution is -2.46. The van der Waals surface area contributed by atoms with E-state index in [-0.39, 0.29) is 12.0 Å². The maximum atomic E-state index is 12.8. The second-order valence-corrected chi connectivity index (χ2v) is 5.96. The van der Waals surface area contributed by atoms with E-state index < -0.39 is 0 Å². The molecule has 1 aromatic rings. The van der Waals surface area contributed by atoms with E-state index in [1.54, 1.807) is 13.2 Å². The normalized spacial score (nSPS) is 22.2. The van der Waals surface area contributed by atoms with Gasteiger partial charge in [-0.3, -0.25) is 4.79 Å². The molecule has 0 aliphatic carbocycles. The number of carbonyl (C=O) groups is 1. The first-order chi connectivity index (χ1) is 9.93. The van der Waals surface area contributed by atoms with Gasteiger partial charge in [0.25, 0.3) is 5.91 Å². The minimum Gasteiger partial charge on any atom is -0.399 e. The van der Waals surface area contributed by atoms with Crippen molar-refractivity contribution in [3.05, 3.63) is 23.8 Å². The monoisotopic (exact) mass is 291 g/mol. The smallest absolute Gasteiger partial charge is 0.256 e. The Morgan fingerprint density at radius 3 is 2.76 bits per heavy atom. The molecule has 5 heteroatoms. The molecule has 2 N–H and O–H groups in total. The number of amides is 1. The van der Waals surface area contributed by atoms with E-state index in [1.807, 2.05) is 36.0 Å². The molecule has 1 aliphatic heterocycles. The minimum absolute atomic E-state index is 0.0277. The van der Waals surface area contributed by atoms with Crippen molar-refractivity contribution in [1.82, 2.24) is 4.90 Å². The highest BCUT2D eigenvalue weighted by Crippen LogP contribution is 2.26. The molecule has 1 aliphatic rings. The van der Waals surface area contributed by atoms with Gasteiger partial charge < -0.3 is 20.3 Å². The molecule has 1 heterocycles. The van der Waals surface area contributed by atoms with Gasteiger partial charge in [0, 0.05) is 45.7 Å². The van der Waals surface area contributed by atoms with Gasteiger partial charge in [-0.2, -0.15) is 0 Å². The van der Waals surface area contributed by atoms with Crippen molar-refractivity contribution in [1.29, 1.82) is 0 Å². The number of anilines is 2. The van der Waals surface area contributed by atoms with Crippen LogP contribution in [0, 0.1) is 5.92 Å². The number of rotatable bonds is 3. The van der Waals surface area contributed by atoms with Crippen molar-refractivity contribution in [2.45, 2.75) is 19.4 Å². The summed E-state index contributed by atoms with van der Waals surface area (Å²) in [4.78, 5) is 16.6. The summed E-state index contributed by atoms with van der Waals surface area (Å²) in [6.07, 6.45) is 1.07. The first-order valence-corrected chi connectivity index (χ1v) is 7.33. The van der Waals surface area contributed by atoms with Crippen molar-refractivity contribution < 1.29 is 9.53 Å². The molecule has 1 fully saturated rings. The molecule has 0 radical (unpaired) electrons. The molecule has 1 amide bonds. The zero-order chi connectivity index (χ0) is 15.6. The van der Waals surface area contributed by atoms with Crippen LogP contribution in [0.2, 0.25) is 0 Å². The number of nitrogens with two attached hydrogens (primary N) is 1. The molecular formula is C16H25N3O2. The second kappa shape index (κ2) is 6.35. The Hall–Kier alpha value is -1.75. The predicted molar refractivity (Wildman–Crippen MR) is 85.7 cm³/mol. The van der Waals surface area contributed by atoms with Gasteiger partial charge in [-0.15, -0.1) is 0 Å². The van der Waals surface area contributed by atoms with Crippen molar-refractivity contribution >= 4 is 17.3 Å². The molecule has 0 saturated carbocycles. The number of ether oxygens (including phenoxy) is 1. The van der Waals surface area contributed by atoms with Crippen LogP contribution in [0.1, 0.15) is 23.7 Å². The number of piperidine rings is 1. The largest absolute Gasteiger partial charge is 0.399 e. The summed E-state index contributed by atoms with van der Waals surface area (Å²) >= 11 is 0. The minimum atomic E-state index is 0.0277. The van der Waals surface area contributed by atoms with Crippen LogP contribution in [-0.4, -0.2) is 51.2 Å². The summed E-state index contributed by atoms with van der Waals surface area (Å²) in [5.41, 5.74) is 8.01. The average molecular weight is 291 g/mol. The highest BCUT2D eigenvalue weighted by atomic mass is 16.5. The number of carbonyl (C=O) groups excluding carboxylic acids is 1. The predicted octanol–water partition coefficient (Wildman–Crippen LogP) is 1.83. The topological polar surface area (TPSA) is 58.8 Å². The van der Waals surface area contributed by atoms with E-state index in [1.165, 1.54) is 0 Å². The number of methoxy groups -OCH3 is 1. The van der Waals surface area contributed by atoms with Crippen LogP contribution in [-0.2, 0) is 4.74 Å². The summed E-state index contributed by atoms with van der Waals surface area (Å²) < 4.78 is 5.49. The Bertz CT molecular complexity index is 516. The van der Waals surface area contributed by atoms with E-state index in [2.05, 4.69) is 6.92 Å². The molecule has 0 bridgehead atoms. The fourth-order valence-electron chi connectivity index (χ4n) is 2.81. The zero-order valence-corrected chi connectivity index (χ0v) is 13.3. The molecule has 116 valence electrons. The van der Waals surface area contributed by atoms with Gasteiger partial charge in [0.2, 0.25) is 0 Å². The molecule has 2 rings (SSSR count). The number of likely N-dealkylation sites (tertiary alicyclic amines) is 1. The number of hydrogen-bond donors (Lipinski definition) is 1. The standard InChI is InChI=1S/C16H25N3O2/c1-11-7-8-19(10-15(11)21-4)16(20)13-9-12(17)5-6-14(13)18(2)3/h5-6,9,11,15H,7-8,10,17H2,1-4H3. The Morgan fingerprint density at radius 2 is 2.14 bits per heavy atom. The van der Waals surface area contributed by atoms with Gasteiger partial charge in [0.15, 0.2) is 0 Å².